The first kappa shape index (κ1) is 20.3. The molecule has 1 aliphatic heterocycles. The number of benzene rings is 1. The van der Waals surface area contributed by atoms with E-state index >= 15 is 0 Å². The normalized spacial score (nSPS) is 16.7. The summed E-state index contributed by atoms with van der Waals surface area (Å²) in [6.45, 7) is 10.8. The zero-order chi connectivity index (χ0) is 21.3. The van der Waals surface area contributed by atoms with Gasteiger partial charge < -0.3 is 13.9 Å². The Balaban J connectivity index is 1.45. The van der Waals surface area contributed by atoms with Crippen molar-refractivity contribution in [3.63, 3.8) is 0 Å². The van der Waals surface area contributed by atoms with Crippen LogP contribution in [-0.4, -0.2) is 39.0 Å². The molecule has 7 nitrogen and oxygen atoms in total. The van der Waals surface area contributed by atoms with E-state index in [1.165, 1.54) is 5.69 Å². The molecule has 1 aliphatic rings. The lowest BCUT2D eigenvalue weighted by Crippen LogP contribution is -2.18. The van der Waals surface area contributed by atoms with E-state index < -0.39 is 0 Å². The third-order valence-corrected chi connectivity index (χ3v) is 5.91. The number of carbonyl (C=O) groups excluding carboxylic acids is 1. The maximum Gasteiger partial charge on any atom is 0.271 e. The van der Waals surface area contributed by atoms with Crippen LogP contribution in [0.4, 0.5) is 0 Å². The smallest absolute Gasteiger partial charge is 0.271 e. The van der Waals surface area contributed by atoms with E-state index in [0.29, 0.717) is 5.56 Å². The fourth-order valence-corrected chi connectivity index (χ4v) is 4.25. The highest BCUT2D eigenvalue weighted by atomic mass is 16.5. The Hall–Kier alpha value is -2.93. The van der Waals surface area contributed by atoms with Gasteiger partial charge in [-0.2, -0.15) is 5.10 Å². The molecule has 3 aromatic rings. The van der Waals surface area contributed by atoms with Crippen LogP contribution in [0, 0.1) is 20.8 Å². The van der Waals surface area contributed by atoms with E-state index in [1.54, 1.807) is 6.21 Å². The molecule has 4 rings (SSSR count). The van der Waals surface area contributed by atoms with Gasteiger partial charge in [-0.3, -0.25) is 4.79 Å². The Labute approximate surface area is 176 Å². The second-order valence-electron chi connectivity index (χ2n) is 7.88. The van der Waals surface area contributed by atoms with Gasteiger partial charge in [0.1, 0.15) is 5.82 Å². The summed E-state index contributed by atoms with van der Waals surface area (Å²) in [6.07, 6.45) is 4.24. The van der Waals surface area contributed by atoms with E-state index in [-0.39, 0.29) is 12.0 Å². The number of hydrazone groups is 1. The van der Waals surface area contributed by atoms with Crippen LogP contribution in [0.15, 0.2) is 29.4 Å². The number of aryl methyl sites for hydroxylation is 3. The molecule has 158 valence electrons. The molecule has 7 heteroatoms. The number of fused-ring (bicyclic) bond motifs is 1. The molecule has 1 N–H and O–H groups in total. The molecular weight excluding hydrogens is 378 g/mol. The van der Waals surface area contributed by atoms with Crippen LogP contribution in [0.1, 0.15) is 52.9 Å². The molecule has 1 aromatic carbocycles. The quantitative estimate of drug-likeness (QED) is 0.500. The Morgan fingerprint density at radius 2 is 2.13 bits per heavy atom. The minimum atomic E-state index is -0.245. The zero-order valence-corrected chi connectivity index (χ0v) is 18.1. The summed E-state index contributed by atoms with van der Waals surface area (Å²) in [4.78, 5) is 17.1. The summed E-state index contributed by atoms with van der Waals surface area (Å²) in [6, 6.07) is 7.66. The predicted molar refractivity (Wildman–Crippen MR) is 118 cm³/mol. The summed E-state index contributed by atoms with van der Waals surface area (Å²) < 4.78 is 10.2. The van der Waals surface area contributed by atoms with Gasteiger partial charge >= 0.3 is 0 Å². The molecule has 2 aromatic heterocycles. The average molecular weight is 408 g/mol. The molecule has 0 aliphatic carbocycles. The van der Waals surface area contributed by atoms with Gasteiger partial charge in [0.25, 0.3) is 5.91 Å². The SMILES string of the molecule is CCn1c(C)nc2cc(C(=O)N/N=C\c3cc(C)n(C[C@@H]4CCCO4)c3C)ccc21. The highest BCUT2D eigenvalue weighted by Crippen LogP contribution is 2.20. The Morgan fingerprint density at radius 1 is 1.30 bits per heavy atom. The number of carbonyl (C=O) groups is 1. The van der Waals surface area contributed by atoms with E-state index in [1.807, 2.05) is 25.1 Å². The predicted octanol–water partition coefficient (Wildman–Crippen LogP) is 3.73. The molecule has 3 heterocycles. The van der Waals surface area contributed by atoms with Crippen LogP contribution in [0.2, 0.25) is 0 Å². The number of nitrogens with zero attached hydrogens (tertiary/aromatic N) is 4. The first-order valence-electron chi connectivity index (χ1n) is 10.6. The standard InChI is InChI=1S/C23H29N5O2/c1-5-27-17(4)25-21-12-18(8-9-22(21)27)23(29)26-24-13-19-11-15(2)28(16(19)3)14-20-7-6-10-30-20/h8-9,11-13,20H,5-7,10,14H2,1-4H3,(H,26,29)/b24-13-/t20-/m0/s1. The largest absolute Gasteiger partial charge is 0.376 e. The van der Waals surface area contributed by atoms with Crippen molar-refractivity contribution in [2.75, 3.05) is 6.61 Å². The average Bonchev–Trinajstić information content (AvgIpc) is 3.42. The lowest BCUT2D eigenvalue weighted by atomic mass is 10.2. The fraction of sp³-hybridized carbons (Fsp3) is 0.435. The van der Waals surface area contributed by atoms with E-state index in [0.717, 1.165) is 60.7 Å². The van der Waals surface area contributed by atoms with Gasteiger partial charge in [0, 0.05) is 42.2 Å². The van der Waals surface area contributed by atoms with Crippen molar-refractivity contribution in [1.82, 2.24) is 19.5 Å². The molecular formula is C23H29N5O2. The third-order valence-electron chi connectivity index (χ3n) is 5.91. The minimum Gasteiger partial charge on any atom is -0.376 e. The van der Waals surface area contributed by atoms with Crippen molar-refractivity contribution in [2.45, 2.75) is 59.7 Å². The van der Waals surface area contributed by atoms with Crippen molar-refractivity contribution >= 4 is 23.2 Å². The number of amides is 1. The number of hydrogen-bond acceptors (Lipinski definition) is 4. The number of aromatic nitrogens is 3. The Bertz CT molecular complexity index is 1100. The molecule has 0 radical (unpaired) electrons. The lowest BCUT2D eigenvalue weighted by Gasteiger charge is -2.14. The van der Waals surface area contributed by atoms with Gasteiger partial charge in [-0.05, 0) is 64.8 Å². The number of hydrogen-bond donors (Lipinski definition) is 1. The highest BCUT2D eigenvalue weighted by Gasteiger charge is 2.18. The maximum absolute atomic E-state index is 12.5. The summed E-state index contributed by atoms with van der Waals surface area (Å²) in [5, 5.41) is 4.19. The van der Waals surface area contributed by atoms with Gasteiger partial charge in [0.05, 0.1) is 23.4 Å². The Kier molecular flexibility index (Phi) is 5.72. The maximum atomic E-state index is 12.5. The topological polar surface area (TPSA) is 73.4 Å². The first-order valence-corrected chi connectivity index (χ1v) is 10.6. The van der Waals surface area contributed by atoms with Gasteiger partial charge in [-0.1, -0.05) is 0 Å². The Morgan fingerprint density at radius 3 is 2.87 bits per heavy atom. The van der Waals surface area contributed by atoms with Crippen molar-refractivity contribution in [1.29, 1.82) is 0 Å². The van der Waals surface area contributed by atoms with Crippen LogP contribution in [-0.2, 0) is 17.8 Å². The van der Waals surface area contributed by atoms with Crippen LogP contribution in [0.25, 0.3) is 11.0 Å². The van der Waals surface area contributed by atoms with Crippen LogP contribution in [0.5, 0.6) is 0 Å². The zero-order valence-electron chi connectivity index (χ0n) is 18.1. The summed E-state index contributed by atoms with van der Waals surface area (Å²) in [5.74, 6) is 0.700. The van der Waals surface area contributed by atoms with E-state index in [2.05, 4.69) is 51.5 Å². The fourth-order valence-electron chi connectivity index (χ4n) is 4.25. The molecule has 1 saturated heterocycles. The van der Waals surface area contributed by atoms with Gasteiger partial charge in [-0.25, -0.2) is 10.4 Å². The summed E-state index contributed by atoms with van der Waals surface area (Å²) in [5.41, 5.74) is 8.34. The number of nitrogens with one attached hydrogen (secondary N) is 1. The van der Waals surface area contributed by atoms with Crippen LogP contribution >= 0.6 is 0 Å². The van der Waals surface area contributed by atoms with Gasteiger partial charge in [0.15, 0.2) is 0 Å². The number of imidazole rings is 1. The highest BCUT2D eigenvalue weighted by molar-refractivity contribution is 5.98. The third kappa shape index (κ3) is 3.89. The van der Waals surface area contributed by atoms with Gasteiger partial charge in [0.2, 0.25) is 0 Å². The van der Waals surface area contributed by atoms with Crippen molar-refractivity contribution in [3.8, 4) is 0 Å². The number of ether oxygens (including phenoxy) is 1. The lowest BCUT2D eigenvalue weighted by molar-refractivity contribution is 0.0954. The monoisotopic (exact) mass is 407 g/mol. The summed E-state index contributed by atoms with van der Waals surface area (Å²) >= 11 is 0. The molecule has 0 saturated carbocycles. The van der Waals surface area contributed by atoms with Crippen molar-refractivity contribution in [2.24, 2.45) is 5.10 Å². The van der Waals surface area contributed by atoms with Gasteiger partial charge in [-0.15, -0.1) is 0 Å². The second-order valence-corrected chi connectivity index (χ2v) is 7.88. The van der Waals surface area contributed by atoms with Crippen molar-refractivity contribution in [3.05, 3.63) is 52.6 Å². The second kappa shape index (κ2) is 8.44. The first-order chi connectivity index (χ1) is 14.5. The molecule has 1 atom stereocenters. The summed E-state index contributed by atoms with van der Waals surface area (Å²) in [7, 11) is 0. The molecule has 0 unspecified atom stereocenters. The van der Waals surface area contributed by atoms with Crippen molar-refractivity contribution < 1.29 is 9.53 Å². The minimum absolute atomic E-state index is 0.245. The van der Waals surface area contributed by atoms with E-state index in [4.69, 9.17) is 4.74 Å². The molecule has 0 bridgehead atoms. The molecule has 1 fully saturated rings. The van der Waals surface area contributed by atoms with Crippen LogP contribution in [0.3, 0.4) is 0 Å². The van der Waals surface area contributed by atoms with Crippen LogP contribution < -0.4 is 5.43 Å². The van der Waals surface area contributed by atoms with E-state index in [9.17, 15) is 4.79 Å². The molecule has 0 spiro atoms. The molecule has 30 heavy (non-hydrogen) atoms. The number of rotatable bonds is 6. The molecule has 1 amide bonds.